The van der Waals surface area contributed by atoms with E-state index < -0.39 is 0 Å². The maximum atomic E-state index is 11.9. The summed E-state index contributed by atoms with van der Waals surface area (Å²) in [5, 5.41) is 4.98. The van der Waals surface area contributed by atoms with Gasteiger partial charge in [0.25, 0.3) is 5.91 Å². The van der Waals surface area contributed by atoms with Crippen LogP contribution in [0.15, 0.2) is 41.8 Å². The highest BCUT2D eigenvalue weighted by atomic mass is 32.1. The molecule has 1 aromatic heterocycles. The molecular weight excluding hydrogens is 278 g/mol. The number of benzene rings is 1. The first kappa shape index (κ1) is 17.4. The molecule has 0 fully saturated rings. The van der Waals surface area contributed by atoms with Crippen molar-refractivity contribution >= 4 is 17.2 Å². The maximum Gasteiger partial charge on any atom is 0.251 e. The predicted molar refractivity (Wildman–Crippen MR) is 93.0 cm³/mol. The Bertz CT molecular complexity index is 520. The average molecular weight is 303 g/mol. The smallest absolute Gasteiger partial charge is 0.251 e. The van der Waals surface area contributed by atoms with E-state index in [1.54, 1.807) is 11.3 Å². The molecule has 0 aliphatic rings. The lowest BCUT2D eigenvalue weighted by atomic mass is 10.1. The zero-order chi connectivity index (χ0) is 15.5. The Balaban J connectivity index is 0.000000677. The first-order chi connectivity index (χ1) is 10.2. The number of carbonyl (C=O) groups excluding carboxylic acids is 1. The van der Waals surface area contributed by atoms with Gasteiger partial charge in [-0.1, -0.05) is 51.8 Å². The molecule has 1 N–H and O–H groups in total. The molecule has 1 heterocycles. The van der Waals surface area contributed by atoms with Crippen LogP contribution in [0.5, 0.6) is 0 Å². The zero-order valence-corrected chi connectivity index (χ0v) is 14.0. The first-order valence-electron chi connectivity index (χ1n) is 7.65. The van der Waals surface area contributed by atoms with Crippen LogP contribution in [0, 0.1) is 0 Å². The normalized spacial score (nSPS) is 9.67. The summed E-state index contributed by atoms with van der Waals surface area (Å²) in [4.78, 5) is 13.1. The number of hydrogen-bond acceptors (Lipinski definition) is 2. The molecule has 0 atom stereocenters. The summed E-state index contributed by atoms with van der Waals surface area (Å²) in [6, 6.07) is 11.9. The number of thiophene rings is 1. The third-order valence-electron chi connectivity index (χ3n) is 2.75. The summed E-state index contributed by atoms with van der Waals surface area (Å²) < 4.78 is 0. The van der Waals surface area contributed by atoms with Crippen LogP contribution >= 0.6 is 11.3 Å². The summed E-state index contributed by atoms with van der Waals surface area (Å²) in [5.41, 5.74) is 1.84. The van der Waals surface area contributed by atoms with Gasteiger partial charge in [0.05, 0.1) is 0 Å². The summed E-state index contributed by atoms with van der Waals surface area (Å²) in [5.74, 6) is 0.0156. The first-order valence-corrected chi connectivity index (χ1v) is 8.53. The Labute approximate surface area is 132 Å². The van der Waals surface area contributed by atoms with E-state index in [1.807, 2.05) is 35.7 Å². The fraction of sp³-hybridized carbons (Fsp3) is 0.389. The van der Waals surface area contributed by atoms with Gasteiger partial charge in [0.2, 0.25) is 0 Å². The van der Waals surface area contributed by atoms with Gasteiger partial charge in [-0.15, -0.1) is 11.3 Å². The van der Waals surface area contributed by atoms with Crippen LogP contribution in [-0.2, 0) is 0 Å². The molecule has 21 heavy (non-hydrogen) atoms. The van der Waals surface area contributed by atoms with Gasteiger partial charge in [0.15, 0.2) is 0 Å². The van der Waals surface area contributed by atoms with Gasteiger partial charge in [0.1, 0.15) is 0 Å². The van der Waals surface area contributed by atoms with Gasteiger partial charge in [-0.2, -0.15) is 0 Å². The van der Waals surface area contributed by atoms with Crippen LogP contribution in [0.1, 0.15) is 50.4 Å². The van der Waals surface area contributed by atoms with Crippen LogP contribution in [0.2, 0.25) is 0 Å². The van der Waals surface area contributed by atoms with Gasteiger partial charge in [0, 0.05) is 17.0 Å². The summed E-state index contributed by atoms with van der Waals surface area (Å²) in [6.07, 6.45) is 3.37. The highest BCUT2D eigenvalue weighted by molar-refractivity contribution is 7.13. The largest absolute Gasteiger partial charge is 0.352 e. The lowest BCUT2D eigenvalue weighted by Crippen LogP contribution is -2.24. The number of rotatable bonds is 5. The monoisotopic (exact) mass is 303 g/mol. The topological polar surface area (TPSA) is 29.1 Å². The maximum absolute atomic E-state index is 11.9. The minimum absolute atomic E-state index is 0.0156. The standard InChI is InChI=1S/C15H17NOS.C3H8/c1-2-3-9-16-15(17)13-7-4-6-12(11-13)14-8-5-10-18-14;1-3-2/h4-8,10-11H,2-3,9H2,1H3,(H,16,17);3H2,1-2H3. The number of nitrogens with one attached hydrogen (secondary N) is 1. The number of carbonyl (C=O) groups is 1. The van der Waals surface area contributed by atoms with Crippen LogP contribution in [0.4, 0.5) is 0 Å². The minimum Gasteiger partial charge on any atom is -0.352 e. The molecule has 0 saturated heterocycles. The Morgan fingerprint density at radius 1 is 1.14 bits per heavy atom. The zero-order valence-electron chi connectivity index (χ0n) is 13.2. The van der Waals surface area contributed by atoms with Crippen LogP contribution in [-0.4, -0.2) is 12.5 Å². The van der Waals surface area contributed by atoms with E-state index in [2.05, 4.69) is 32.2 Å². The van der Waals surface area contributed by atoms with E-state index in [1.165, 1.54) is 11.3 Å². The second kappa shape index (κ2) is 10.2. The van der Waals surface area contributed by atoms with Gasteiger partial charge < -0.3 is 5.32 Å². The van der Waals surface area contributed by atoms with Crippen molar-refractivity contribution in [2.45, 2.75) is 40.0 Å². The summed E-state index contributed by atoms with van der Waals surface area (Å²) in [7, 11) is 0. The van der Waals surface area contributed by atoms with Crippen LogP contribution in [0.25, 0.3) is 10.4 Å². The molecule has 1 amide bonds. The molecule has 3 heteroatoms. The fourth-order valence-corrected chi connectivity index (χ4v) is 2.46. The second-order valence-corrected chi connectivity index (χ2v) is 5.82. The second-order valence-electron chi connectivity index (χ2n) is 4.87. The molecule has 2 rings (SSSR count). The number of unbranched alkanes of at least 4 members (excludes halogenated alkanes) is 1. The van der Waals surface area contributed by atoms with Gasteiger partial charge in [-0.05, 0) is 35.6 Å². The molecular formula is C18H25NOS. The molecule has 0 bridgehead atoms. The van der Waals surface area contributed by atoms with Crippen LogP contribution < -0.4 is 5.32 Å². The van der Waals surface area contributed by atoms with Crippen LogP contribution in [0.3, 0.4) is 0 Å². The predicted octanol–water partition coefficient (Wildman–Crippen LogP) is 5.36. The van der Waals surface area contributed by atoms with Crippen molar-refractivity contribution in [2.24, 2.45) is 0 Å². The SMILES string of the molecule is CCC.CCCCNC(=O)c1cccc(-c2cccs2)c1. The third kappa shape index (κ3) is 6.13. The van der Waals surface area contributed by atoms with E-state index in [0.717, 1.165) is 30.5 Å². The quantitative estimate of drug-likeness (QED) is 0.740. The van der Waals surface area contributed by atoms with Crippen molar-refractivity contribution in [2.75, 3.05) is 6.54 Å². The van der Waals surface area contributed by atoms with Crippen molar-refractivity contribution < 1.29 is 4.79 Å². The average Bonchev–Trinajstić information content (AvgIpc) is 3.03. The Hall–Kier alpha value is -1.61. The Kier molecular flexibility index (Phi) is 8.44. The summed E-state index contributed by atoms with van der Waals surface area (Å²) >= 11 is 1.69. The molecule has 0 aliphatic heterocycles. The van der Waals surface area contributed by atoms with E-state index in [4.69, 9.17) is 0 Å². The number of amides is 1. The van der Waals surface area contributed by atoms with E-state index in [0.29, 0.717) is 0 Å². The van der Waals surface area contributed by atoms with E-state index in [9.17, 15) is 4.79 Å². The molecule has 1 aromatic carbocycles. The lowest BCUT2D eigenvalue weighted by Gasteiger charge is -2.05. The van der Waals surface area contributed by atoms with Gasteiger partial charge >= 0.3 is 0 Å². The summed E-state index contributed by atoms with van der Waals surface area (Å²) in [6.45, 7) is 7.11. The van der Waals surface area contributed by atoms with E-state index in [-0.39, 0.29) is 5.91 Å². The van der Waals surface area contributed by atoms with Crippen molar-refractivity contribution in [3.8, 4) is 10.4 Å². The highest BCUT2D eigenvalue weighted by Crippen LogP contribution is 2.25. The van der Waals surface area contributed by atoms with Crippen molar-refractivity contribution in [1.29, 1.82) is 0 Å². The molecule has 114 valence electrons. The fourth-order valence-electron chi connectivity index (χ4n) is 1.74. The molecule has 0 radical (unpaired) electrons. The Morgan fingerprint density at radius 3 is 2.52 bits per heavy atom. The molecule has 2 aromatic rings. The molecule has 2 nitrogen and oxygen atoms in total. The highest BCUT2D eigenvalue weighted by Gasteiger charge is 2.06. The van der Waals surface area contributed by atoms with Crippen molar-refractivity contribution in [3.05, 3.63) is 47.3 Å². The van der Waals surface area contributed by atoms with E-state index >= 15 is 0 Å². The molecule has 0 unspecified atom stereocenters. The molecule has 0 aliphatic carbocycles. The van der Waals surface area contributed by atoms with Gasteiger partial charge in [-0.3, -0.25) is 4.79 Å². The van der Waals surface area contributed by atoms with Crippen molar-refractivity contribution in [1.82, 2.24) is 5.32 Å². The number of hydrogen-bond donors (Lipinski definition) is 1. The third-order valence-corrected chi connectivity index (χ3v) is 3.67. The lowest BCUT2D eigenvalue weighted by molar-refractivity contribution is 0.0953. The van der Waals surface area contributed by atoms with Crippen molar-refractivity contribution in [3.63, 3.8) is 0 Å². The van der Waals surface area contributed by atoms with Gasteiger partial charge in [-0.25, -0.2) is 0 Å². The minimum atomic E-state index is 0.0156. The molecule has 0 spiro atoms. The molecule has 0 saturated carbocycles. The Morgan fingerprint density at radius 2 is 1.90 bits per heavy atom.